The Morgan fingerprint density at radius 1 is 0.493 bits per heavy atom. The highest BCUT2D eigenvalue weighted by Gasteiger charge is 2.56. The van der Waals surface area contributed by atoms with Gasteiger partial charge in [0.15, 0.2) is 5.12 Å². The lowest BCUT2D eigenvalue weighted by molar-refractivity contribution is -0.213. The Kier molecular flexibility index (Phi) is 37.1. The smallest absolute Gasteiger partial charge is 0.466 e. The van der Waals surface area contributed by atoms with Crippen molar-refractivity contribution in [2.24, 2.45) is 0 Å². The predicted molar refractivity (Wildman–Crippen MR) is 261 cm³/mol. The van der Waals surface area contributed by atoms with E-state index in [0.717, 1.165) is 89.2 Å². The highest BCUT2D eigenvalue weighted by Crippen LogP contribution is 2.51. The van der Waals surface area contributed by atoms with Crippen LogP contribution in [0.4, 0.5) is 0 Å². The van der Waals surface area contributed by atoms with Gasteiger partial charge in [0.05, 0.1) is 19.6 Å². The van der Waals surface area contributed by atoms with Gasteiger partial charge in [-0.25, -0.2) is 13.7 Å². The van der Waals surface area contributed by atoms with E-state index in [2.05, 4.69) is 16.0 Å². The van der Waals surface area contributed by atoms with Crippen molar-refractivity contribution in [1.29, 1.82) is 0 Å². The van der Waals surface area contributed by atoms with Crippen molar-refractivity contribution in [3.63, 3.8) is 0 Å². The van der Waals surface area contributed by atoms with Crippen molar-refractivity contribution in [2.45, 2.75) is 249 Å². The summed E-state index contributed by atoms with van der Waals surface area (Å²) < 4.78 is 65.6. The molecule has 0 aromatic heterocycles. The number of phosphoric ester groups is 3. The van der Waals surface area contributed by atoms with Crippen LogP contribution in [0.5, 0.6) is 0 Å². The number of carbonyl (C=O) groups is 3. The molecule has 0 saturated heterocycles. The van der Waals surface area contributed by atoms with Crippen LogP contribution in [-0.2, 0) is 55.6 Å². The van der Waals surface area contributed by atoms with Crippen molar-refractivity contribution < 1.29 is 95.4 Å². The van der Waals surface area contributed by atoms with Crippen LogP contribution in [0.2, 0.25) is 0 Å². The Bertz CT molecular complexity index is 1520. The maximum absolute atomic E-state index is 13.1. The van der Waals surface area contributed by atoms with Crippen LogP contribution >= 0.6 is 35.2 Å². The SMILES string of the molecule is CCCCCCCCCCCCCCCC(=O)O[C@@H](COP(=O)(O)OC1C(O)[C@H](O)C(OP(=O)(O)O)[C@H](OP(=O)(O)O)[C@@H]1O)CC(=O)OCCCCCCCCCCCCCCCSC(=O)CCC. The van der Waals surface area contributed by atoms with Crippen molar-refractivity contribution >= 4 is 52.3 Å². The maximum Gasteiger partial charge on any atom is 0.472 e. The number of ether oxygens (including phenoxy) is 2. The second kappa shape index (κ2) is 38.7. The van der Waals surface area contributed by atoms with Gasteiger partial charge in [-0.3, -0.25) is 32.5 Å². The van der Waals surface area contributed by atoms with Crippen molar-refractivity contribution in [3.05, 3.63) is 0 Å². The lowest BCUT2D eigenvalue weighted by Gasteiger charge is -2.44. The summed E-state index contributed by atoms with van der Waals surface area (Å²) >= 11 is 1.46. The van der Waals surface area contributed by atoms with Gasteiger partial charge in [0.1, 0.15) is 42.7 Å². The first-order valence-corrected chi connectivity index (χ1v) is 30.9. The second-order valence-corrected chi connectivity index (χ2v) is 23.0. The molecular formula is C45H87O20P3S. The Morgan fingerprint density at radius 3 is 1.38 bits per heavy atom. The molecule has 8 atom stereocenters. The molecule has 1 saturated carbocycles. The molecule has 1 aliphatic rings. The average Bonchev–Trinajstić information content (AvgIpc) is 3.26. The van der Waals surface area contributed by atoms with Gasteiger partial charge in [0.25, 0.3) is 0 Å². The fourth-order valence-electron chi connectivity index (χ4n) is 7.92. The molecular weight excluding hydrogens is 985 g/mol. The molecule has 0 bridgehead atoms. The van der Waals surface area contributed by atoms with E-state index in [1.807, 2.05) is 6.92 Å². The van der Waals surface area contributed by atoms with Gasteiger partial charge in [-0.1, -0.05) is 173 Å². The summed E-state index contributed by atoms with van der Waals surface area (Å²) in [6.07, 6.45) is 12.7. The number of carbonyl (C=O) groups excluding carboxylic acids is 3. The molecule has 0 aliphatic heterocycles. The van der Waals surface area contributed by atoms with Crippen molar-refractivity contribution in [3.8, 4) is 0 Å². The minimum absolute atomic E-state index is 0.0166. The van der Waals surface area contributed by atoms with Gasteiger partial charge in [-0.15, -0.1) is 0 Å². The summed E-state index contributed by atoms with van der Waals surface area (Å²) in [7, 11) is -16.6. The highest BCUT2D eigenvalue weighted by atomic mass is 32.2. The molecule has 1 rings (SSSR count). The van der Waals surface area contributed by atoms with E-state index in [1.165, 1.54) is 88.8 Å². The molecule has 0 aromatic carbocycles. The zero-order chi connectivity index (χ0) is 51.6. The van der Waals surface area contributed by atoms with Gasteiger partial charge < -0.3 is 49.3 Å². The number of aliphatic hydroxyl groups is 3. The molecule has 8 N–H and O–H groups in total. The Labute approximate surface area is 414 Å². The lowest BCUT2D eigenvalue weighted by atomic mass is 9.85. The van der Waals surface area contributed by atoms with Crippen molar-refractivity contribution in [2.75, 3.05) is 19.0 Å². The zero-order valence-corrected chi connectivity index (χ0v) is 44.6. The lowest BCUT2D eigenvalue weighted by Crippen LogP contribution is -2.65. The van der Waals surface area contributed by atoms with Crippen LogP contribution in [0.25, 0.3) is 0 Å². The number of hydrogen-bond acceptors (Lipinski definition) is 16. The maximum atomic E-state index is 13.1. The average molecular weight is 1070 g/mol. The van der Waals surface area contributed by atoms with E-state index >= 15 is 0 Å². The minimum atomic E-state index is -5.61. The molecule has 69 heavy (non-hydrogen) atoms. The summed E-state index contributed by atoms with van der Waals surface area (Å²) in [5, 5.41) is 32.2. The number of esters is 2. The summed E-state index contributed by atoms with van der Waals surface area (Å²) in [6.45, 7) is 3.36. The molecule has 0 heterocycles. The van der Waals surface area contributed by atoms with Crippen LogP contribution in [0, 0.1) is 0 Å². The van der Waals surface area contributed by atoms with E-state index in [1.54, 1.807) is 0 Å². The molecule has 20 nitrogen and oxygen atoms in total. The fraction of sp³-hybridized carbons (Fsp3) is 0.933. The van der Waals surface area contributed by atoms with E-state index in [-0.39, 0.29) is 13.0 Å². The van der Waals surface area contributed by atoms with Gasteiger partial charge in [0.2, 0.25) is 0 Å². The van der Waals surface area contributed by atoms with Crippen LogP contribution in [0.1, 0.15) is 206 Å². The number of phosphoric acid groups is 3. The molecule has 4 unspecified atom stereocenters. The monoisotopic (exact) mass is 1070 g/mol. The van der Waals surface area contributed by atoms with Gasteiger partial charge in [-0.2, -0.15) is 0 Å². The number of hydrogen-bond donors (Lipinski definition) is 8. The summed E-state index contributed by atoms with van der Waals surface area (Å²) in [6, 6.07) is 0. The first kappa shape index (κ1) is 66.2. The first-order valence-electron chi connectivity index (χ1n) is 25.4. The second-order valence-electron chi connectivity index (χ2n) is 18.0. The minimum Gasteiger partial charge on any atom is -0.466 e. The predicted octanol–water partition coefficient (Wildman–Crippen LogP) is 9.00. The highest BCUT2D eigenvalue weighted by molar-refractivity contribution is 8.13. The molecule has 0 spiro atoms. The van der Waals surface area contributed by atoms with Gasteiger partial charge in [-0.05, 0) is 25.7 Å². The van der Waals surface area contributed by atoms with E-state index in [0.29, 0.717) is 24.4 Å². The Balaban J connectivity index is 2.65. The van der Waals surface area contributed by atoms with Crippen LogP contribution in [0.3, 0.4) is 0 Å². The molecule has 24 heteroatoms. The third-order valence-corrected chi connectivity index (χ3v) is 14.7. The topological polar surface area (TPSA) is 320 Å². The fourth-order valence-corrected chi connectivity index (χ4v) is 10.9. The van der Waals surface area contributed by atoms with E-state index < -0.39 is 91.2 Å². The largest absolute Gasteiger partial charge is 0.472 e. The number of unbranched alkanes of at least 4 members (excludes halogenated alkanes) is 24. The molecule has 0 radical (unpaired) electrons. The molecule has 0 aromatic rings. The molecule has 1 aliphatic carbocycles. The number of aliphatic hydroxyl groups excluding tert-OH is 3. The molecule has 408 valence electrons. The quantitative estimate of drug-likeness (QED) is 0.0160. The Morgan fingerprint density at radius 2 is 0.913 bits per heavy atom. The molecule has 0 amide bonds. The number of rotatable bonds is 44. The molecule has 1 fully saturated rings. The normalized spacial score (nSPS) is 21.2. The number of thioether (sulfide) groups is 1. The third-order valence-electron chi connectivity index (χ3n) is 11.7. The standard InChI is InChI=1S/C45H87O20P3S/c1-3-5-6-7-8-9-10-12-15-18-21-24-27-31-37(46)62-36(34-38(47)60-32-28-25-22-19-16-13-11-14-17-20-23-26-29-33-69-39(48)30-4-2)35-61-68(58,59)65-43-40(49)41(50)44(63-66(52,53)54)45(42(43)51)64-67(55,56)57/h36,40-45,49-51H,3-35H2,1-2H3,(H,58,59)(H2,52,53,54)(H2,55,56,57)/t36-,40?,41+,42-,43?,44?,45-/m1/s1. The van der Waals surface area contributed by atoms with Crippen LogP contribution < -0.4 is 0 Å². The van der Waals surface area contributed by atoms with Crippen LogP contribution in [0.15, 0.2) is 0 Å². The summed E-state index contributed by atoms with van der Waals surface area (Å²) in [5.74, 6) is -0.589. The van der Waals surface area contributed by atoms with Gasteiger partial charge >= 0.3 is 35.4 Å². The van der Waals surface area contributed by atoms with Crippen molar-refractivity contribution in [1.82, 2.24) is 0 Å². The van der Waals surface area contributed by atoms with Crippen LogP contribution in [-0.4, -0.2) is 119 Å². The third kappa shape index (κ3) is 35.1. The van der Waals surface area contributed by atoms with E-state index in [9.17, 15) is 67.9 Å². The Hall–Kier alpha value is -0.830. The first-order chi connectivity index (χ1) is 32.7. The van der Waals surface area contributed by atoms with E-state index in [4.69, 9.17) is 18.5 Å². The van der Waals surface area contributed by atoms with Gasteiger partial charge in [0, 0.05) is 18.6 Å². The summed E-state index contributed by atoms with van der Waals surface area (Å²) in [5.41, 5.74) is 0. The summed E-state index contributed by atoms with van der Waals surface area (Å²) in [4.78, 5) is 85.1. The zero-order valence-electron chi connectivity index (χ0n) is 41.1.